The lowest BCUT2D eigenvalue weighted by Gasteiger charge is -2.18. The van der Waals surface area contributed by atoms with Crippen LogP contribution in [0.2, 0.25) is 0 Å². The normalized spacial score (nSPS) is 21.0. The van der Waals surface area contributed by atoms with Crippen LogP contribution in [0.5, 0.6) is 17.2 Å². The second-order valence-corrected chi connectivity index (χ2v) is 6.07. The summed E-state index contributed by atoms with van der Waals surface area (Å²) < 4.78 is 16.3. The van der Waals surface area contributed by atoms with Crippen LogP contribution in [-0.4, -0.2) is 26.2 Å². The first-order valence-corrected chi connectivity index (χ1v) is 8.09. The summed E-state index contributed by atoms with van der Waals surface area (Å²) in [6.07, 6.45) is 0.857. The molecular formula is C19H19NO4. The predicted molar refractivity (Wildman–Crippen MR) is 89.9 cm³/mol. The Morgan fingerprint density at radius 1 is 1.12 bits per heavy atom. The Balaban J connectivity index is 1.43. The van der Waals surface area contributed by atoms with Crippen LogP contribution in [-0.2, 0) is 4.79 Å². The highest BCUT2D eigenvalue weighted by molar-refractivity contribution is 5.95. The second-order valence-electron chi connectivity index (χ2n) is 6.07. The molecule has 4 rings (SSSR count). The fraction of sp³-hybridized carbons (Fsp3) is 0.316. The van der Waals surface area contributed by atoms with Gasteiger partial charge in [0.2, 0.25) is 5.91 Å². The summed E-state index contributed by atoms with van der Waals surface area (Å²) in [6, 6.07) is 13.3. The molecule has 1 saturated carbocycles. The zero-order valence-corrected chi connectivity index (χ0v) is 13.5. The summed E-state index contributed by atoms with van der Waals surface area (Å²) in [5, 5.41) is 2.97. The first-order valence-electron chi connectivity index (χ1n) is 8.09. The summed E-state index contributed by atoms with van der Waals surface area (Å²) in [5.41, 5.74) is 1.89. The van der Waals surface area contributed by atoms with Crippen LogP contribution in [0.3, 0.4) is 0 Å². The molecule has 2 aliphatic rings. The van der Waals surface area contributed by atoms with E-state index in [2.05, 4.69) is 5.32 Å². The fourth-order valence-corrected chi connectivity index (χ4v) is 3.08. The van der Waals surface area contributed by atoms with Crippen LogP contribution in [0.25, 0.3) is 0 Å². The van der Waals surface area contributed by atoms with Crippen molar-refractivity contribution in [3.63, 3.8) is 0 Å². The molecule has 0 radical (unpaired) electrons. The van der Waals surface area contributed by atoms with Crippen LogP contribution in [0, 0.1) is 5.92 Å². The zero-order chi connectivity index (χ0) is 16.5. The number of methoxy groups -OCH3 is 1. The van der Waals surface area contributed by atoms with E-state index in [0.717, 1.165) is 34.9 Å². The number of anilines is 1. The second kappa shape index (κ2) is 6.07. The predicted octanol–water partition coefficient (Wildman–Crippen LogP) is 3.21. The molecule has 5 heteroatoms. The van der Waals surface area contributed by atoms with Gasteiger partial charge in [0.15, 0.2) is 11.5 Å². The maximum atomic E-state index is 12.4. The molecule has 2 aromatic rings. The molecule has 0 saturated heterocycles. The molecule has 1 aliphatic carbocycles. The molecule has 0 bridgehead atoms. The Labute approximate surface area is 140 Å². The van der Waals surface area contributed by atoms with Crippen molar-refractivity contribution in [2.24, 2.45) is 5.92 Å². The van der Waals surface area contributed by atoms with Crippen LogP contribution >= 0.6 is 0 Å². The number of amides is 1. The van der Waals surface area contributed by atoms with Gasteiger partial charge in [0.25, 0.3) is 0 Å². The SMILES string of the molecule is COc1cccc(NC(=O)C2CC2c2ccc3c(c2)OCCO3)c1. The first kappa shape index (κ1) is 14.9. The molecule has 2 unspecified atom stereocenters. The Hall–Kier alpha value is -2.69. The van der Waals surface area contributed by atoms with Crippen molar-refractivity contribution >= 4 is 11.6 Å². The monoisotopic (exact) mass is 325 g/mol. The van der Waals surface area contributed by atoms with Gasteiger partial charge in [-0.2, -0.15) is 0 Å². The highest BCUT2D eigenvalue weighted by atomic mass is 16.6. The average molecular weight is 325 g/mol. The molecule has 1 fully saturated rings. The van der Waals surface area contributed by atoms with E-state index < -0.39 is 0 Å². The van der Waals surface area contributed by atoms with E-state index in [-0.39, 0.29) is 17.7 Å². The number of carbonyl (C=O) groups is 1. The van der Waals surface area contributed by atoms with Crippen molar-refractivity contribution in [1.29, 1.82) is 0 Å². The largest absolute Gasteiger partial charge is 0.497 e. The molecule has 1 amide bonds. The van der Waals surface area contributed by atoms with Gasteiger partial charge in [-0.15, -0.1) is 0 Å². The third kappa shape index (κ3) is 2.89. The summed E-state index contributed by atoms with van der Waals surface area (Å²) in [7, 11) is 1.61. The number of carbonyl (C=O) groups excluding carboxylic acids is 1. The minimum atomic E-state index is -0.00115. The fourth-order valence-electron chi connectivity index (χ4n) is 3.08. The molecule has 2 atom stereocenters. The van der Waals surface area contributed by atoms with Crippen molar-refractivity contribution in [3.8, 4) is 17.2 Å². The van der Waals surface area contributed by atoms with Gasteiger partial charge in [0, 0.05) is 17.7 Å². The van der Waals surface area contributed by atoms with Crippen LogP contribution in [0.1, 0.15) is 17.9 Å². The number of rotatable bonds is 4. The number of benzene rings is 2. The molecule has 0 aromatic heterocycles. The van der Waals surface area contributed by atoms with Gasteiger partial charge in [0.1, 0.15) is 19.0 Å². The Morgan fingerprint density at radius 3 is 2.79 bits per heavy atom. The zero-order valence-electron chi connectivity index (χ0n) is 13.5. The minimum absolute atomic E-state index is 0.00115. The summed E-state index contributed by atoms with van der Waals surface area (Å²) >= 11 is 0. The van der Waals surface area contributed by atoms with Crippen LogP contribution < -0.4 is 19.5 Å². The smallest absolute Gasteiger partial charge is 0.228 e. The maximum absolute atomic E-state index is 12.4. The summed E-state index contributed by atoms with van der Waals surface area (Å²) in [4.78, 5) is 12.4. The lowest BCUT2D eigenvalue weighted by Crippen LogP contribution is -2.16. The molecule has 5 nitrogen and oxygen atoms in total. The molecular weight excluding hydrogens is 306 g/mol. The lowest BCUT2D eigenvalue weighted by atomic mass is 10.1. The molecule has 24 heavy (non-hydrogen) atoms. The number of fused-ring (bicyclic) bond motifs is 1. The van der Waals surface area contributed by atoms with Crippen molar-refractivity contribution < 1.29 is 19.0 Å². The highest BCUT2D eigenvalue weighted by Crippen LogP contribution is 2.49. The number of nitrogens with one attached hydrogen (secondary N) is 1. The molecule has 0 spiro atoms. The lowest BCUT2D eigenvalue weighted by molar-refractivity contribution is -0.117. The number of hydrogen-bond acceptors (Lipinski definition) is 4. The van der Waals surface area contributed by atoms with Crippen LogP contribution in [0.4, 0.5) is 5.69 Å². The molecule has 1 N–H and O–H groups in total. The van der Waals surface area contributed by atoms with Crippen molar-refractivity contribution in [2.75, 3.05) is 25.6 Å². The summed E-state index contributed by atoms with van der Waals surface area (Å²) in [6.45, 7) is 1.15. The van der Waals surface area contributed by atoms with Gasteiger partial charge in [0.05, 0.1) is 7.11 Å². The number of ether oxygens (including phenoxy) is 3. The minimum Gasteiger partial charge on any atom is -0.497 e. The van der Waals surface area contributed by atoms with E-state index in [4.69, 9.17) is 14.2 Å². The van der Waals surface area contributed by atoms with Gasteiger partial charge in [-0.05, 0) is 42.2 Å². The average Bonchev–Trinajstić information content (AvgIpc) is 3.42. The molecule has 2 aromatic carbocycles. The van der Waals surface area contributed by atoms with Gasteiger partial charge in [-0.3, -0.25) is 4.79 Å². The molecule has 1 heterocycles. The van der Waals surface area contributed by atoms with Gasteiger partial charge < -0.3 is 19.5 Å². The molecule has 124 valence electrons. The van der Waals surface area contributed by atoms with Gasteiger partial charge in [-0.25, -0.2) is 0 Å². The van der Waals surface area contributed by atoms with E-state index in [9.17, 15) is 4.79 Å². The van der Waals surface area contributed by atoms with Gasteiger partial charge >= 0.3 is 0 Å². The van der Waals surface area contributed by atoms with E-state index in [0.29, 0.717) is 13.2 Å². The Bertz CT molecular complexity index is 774. The highest BCUT2D eigenvalue weighted by Gasteiger charge is 2.44. The third-order valence-corrected chi connectivity index (χ3v) is 4.46. The first-order chi connectivity index (χ1) is 11.7. The van der Waals surface area contributed by atoms with Crippen molar-refractivity contribution in [1.82, 2.24) is 0 Å². The van der Waals surface area contributed by atoms with Crippen LogP contribution in [0.15, 0.2) is 42.5 Å². The molecule has 1 aliphatic heterocycles. The Kier molecular flexibility index (Phi) is 3.76. The maximum Gasteiger partial charge on any atom is 0.228 e. The van der Waals surface area contributed by atoms with E-state index >= 15 is 0 Å². The summed E-state index contributed by atoms with van der Waals surface area (Å²) in [5.74, 6) is 2.57. The van der Waals surface area contributed by atoms with Gasteiger partial charge in [-0.1, -0.05) is 12.1 Å². The number of hydrogen-bond donors (Lipinski definition) is 1. The third-order valence-electron chi connectivity index (χ3n) is 4.46. The Morgan fingerprint density at radius 2 is 1.96 bits per heavy atom. The van der Waals surface area contributed by atoms with E-state index in [1.807, 2.05) is 42.5 Å². The van der Waals surface area contributed by atoms with Crippen molar-refractivity contribution in [3.05, 3.63) is 48.0 Å². The topological polar surface area (TPSA) is 56.8 Å². The van der Waals surface area contributed by atoms with Crippen molar-refractivity contribution in [2.45, 2.75) is 12.3 Å². The van der Waals surface area contributed by atoms with E-state index in [1.165, 1.54) is 0 Å². The quantitative estimate of drug-likeness (QED) is 0.938. The standard InChI is InChI=1S/C19H19NO4/c1-22-14-4-2-3-13(10-14)20-19(21)16-11-15(16)12-5-6-17-18(9-12)24-8-7-23-17/h2-6,9-10,15-16H,7-8,11H2,1H3,(H,20,21). The van der Waals surface area contributed by atoms with E-state index in [1.54, 1.807) is 7.11 Å².